The molecule has 2 aromatic rings. The minimum absolute atomic E-state index is 0.0582. The highest BCUT2D eigenvalue weighted by Gasteiger charge is 2.23. The summed E-state index contributed by atoms with van der Waals surface area (Å²) in [5.74, 6) is -2.24. The van der Waals surface area contributed by atoms with E-state index in [2.05, 4.69) is 13.8 Å². The number of benzene rings is 2. The minimum Gasteiger partial charge on any atom is -0.507 e. The Balaban J connectivity index is 2.12. The van der Waals surface area contributed by atoms with Gasteiger partial charge in [0, 0.05) is 0 Å². The number of unbranched alkanes of at least 4 members (excludes halogenated alkanes) is 18. The lowest BCUT2D eigenvalue weighted by Gasteiger charge is -2.18. The van der Waals surface area contributed by atoms with Gasteiger partial charge in [-0.25, -0.2) is 9.59 Å². The molecule has 0 heterocycles. The van der Waals surface area contributed by atoms with Gasteiger partial charge in [-0.1, -0.05) is 141 Å². The topological polar surface area (TPSA) is 115 Å². The van der Waals surface area contributed by atoms with Crippen LogP contribution in [0.1, 0.15) is 174 Å². The number of carboxylic acid groups (broad SMARTS) is 2. The zero-order valence-corrected chi connectivity index (χ0v) is 28.7. The number of carbonyl (C=O) groups is 2. The molecule has 0 atom stereocenters. The smallest absolute Gasteiger partial charge is 0.336 e. The molecule has 0 aromatic heterocycles. The van der Waals surface area contributed by atoms with E-state index in [1.165, 1.54) is 101 Å². The first kappa shape index (κ1) is 38.5. The fourth-order valence-electron chi connectivity index (χ4n) is 6.04. The van der Waals surface area contributed by atoms with Crippen molar-refractivity contribution < 1.29 is 30.0 Å². The summed E-state index contributed by atoms with van der Waals surface area (Å²) < 4.78 is 0. The van der Waals surface area contributed by atoms with E-state index in [4.69, 9.17) is 0 Å². The molecule has 4 N–H and O–H groups in total. The fourth-order valence-corrected chi connectivity index (χ4v) is 7.26. The van der Waals surface area contributed by atoms with E-state index < -0.39 is 11.9 Å². The van der Waals surface area contributed by atoms with Crippen LogP contribution >= 0.6 is 11.8 Å². The summed E-state index contributed by atoms with van der Waals surface area (Å²) in [5.41, 5.74) is 1.35. The summed E-state index contributed by atoms with van der Waals surface area (Å²) in [4.78, 5) is 25.2. The summed E-state index contributed by atoms with van der Waals surface area (Å²) in [6.45, 7) is 4.45. The van der Waals surface area contributed by atoms with Crippen LogP contribution < -0.4 is 0 Å². The van der Waals surface area contributed by atoms with Crippen molar-refractivity contribution in [2.24, 2.45) is 0 Å². The molecule has 0 aliphatic carbocycles. The van der Waals surface area contributed by atoms with E-state index in [0.29, 0.717) is 33.8 Å². The van der Waals surface area contributed by atoms with Gasteiger partial charge in [0.15, 0.2) is 0 Å². The molecule has 0 saturated carbocycles. The highest BCUT2D eigenvalue weighted by atomic mass is 32.2. The second-order valence-corrected chi connectivity index (χ2v) is 13.5. The average molecular weight is 643 g/mol. The van der Waals surface area contributed by atoms with Gasteiger partial charge in [0.25, 0.3) is 0 Å². The zero-order chi connectivity index (χ0) is 32.9. The molecule has 0 fully saturated rings. The predicted molar refractivity (Wildman–Crippen MR) is 185 cm³/mol. The Morgan fingerprint density at radius 1 is 0.489 bits per heavy atom. The van der Waals surface area contributed by atoms with Gasteiger partial charge < -0.3 is 20.4 Å². The molecule has 2 rings (SSSR count). The summed E-state index contributed by atoms with van der Waals surface area (Å²) in [6, 6.07) is 5.64. The van der Waals surface area contributed by atoms with E-state index >= 15 is 0 Å². The predicted octanol–water partition coefficient (Wildman–Crippen LogP) is 11.6. The Kier molecular flexibility index (Phi) is 19.5. The van der Waals surface area contributed by atoms with Gasteiger partial charge >= 0.3 is 11.9 Å². The lowest BCUT2D eigenvalue weighted by Crippen LogP contribution is -2.06. The van der Waals surface area contributed by atoms with E-state index in [0.717, 1.165) is 63.1 Å². The van der Waals surface area contributed by atoms with Gasteiger partial charge in [0.05, 0.1) is 20.9 Å². The van der Waals surface area contributed by atoms with E-state index in [1.807, 2.05) is 0 Å². The van der Waals surface area contributed by atoms with Crippen molar-refractivity contribution in [3.05, 3.63) is 46.5 Å². The minimum atomic E-state index is -1.06. The van der Waals surface area contributed by atoms with Crippen LogP contribution in [0.15, 0.2) is 34.1 Å². The molecule has 2 aromatic carbocycles. The van der Waals surface area contributed by atoms with Crippen molar-refractivity contribution >= 4 is 23.7 Å². The highest BCUT2D eigenvalue weighted by molar-refractivity contribution is 7.99. The Morgan fingerprint density at radius 2 is 0.778 bits per heavy atom. The zero-order valence-electron chi connectivity index (χ0n) is 27.9. The van der Waals surface area contributed by atoms with Crippen molar-refractivity contribution in [1.29, 1.82) is 0 Å². The Morgan fingerprint density at radius 3 is 1.07 bits per heavy atom. The van der Waals surface area contributed by atoms with Crippen LogP contribution in [-0.4, -0.2) is 32.4 Å². The number of hydrogen-bond acceptors (Lipinski definition) is 5. The van der Waals surface area contributed by atoms with Gasteiger partial charge in [-0.15, -0.1) is 0 Å². The molecule has 0 spiro atoms. The molecule has 0 aliphatic heterocycles. The van der Waals surface area contributed by atoms with E-state index in [1.54, 1.807) is 0 Å². The van der Waals surface area contributed by atoms with Gasteiger partial charge in [-0.05, 0) is 61.1 Å². The second kappa shape index (κ2) is 22.8. The van der Waals surface area contributed by atoms with Crippen molar-refractivity contribution in [1.82, 2.24) is 0 Å². The third-order valence-corrected chi connectivity index (χ3v) is 10.0. The number of rotatable bonds is 26. The number of aromatic hydroxyl groups is 2. The summed E-state index contributed by atoms with van der Waals surface area (Å²) >= 11 is 1.09. The number of aromatic carboxylic acids is 2. The van der Waals surface area contributed by atoms with Crippen molar-refractivity contribution in [2.75, 3.05) is 0 Å². The molecule has 45 heavy (non-hydrogen) atoms. The largest absolute Gasteiger partial charge is 0.507 e. The van der Waals surface area contributed by atoms with Crippen LogP contribution in [-0.2, 0) is 12.8 Å². The number of hydrogen-bond donors (Lipinski definition) is 4. The first-order chi connectivity index (χ1) is 21.8. The molecular formula is C38H58O6S. The van der Waals surface area contributed by atoms with Crippen LogP contribution in [0, 0.1) is 0 Å². The third kappa shape index (κ3) is 14.1. The Hall–Kier alpha value is -2.67. The maximum atomic E-state index is 12.2. The Bertz CT molecular complexity index is 1070. The van der Waals surface area contributed by atoms with Crippen molar-refractivity contribution in [3.63, 3.8) is 0 Å². The summed E-state index contributed by atoms with van der Waals surface area (Å²) in [6.07, 6.45) is 24.2. The van der Waals surface area contributed by atoms with Crippen molar-refractivity contribution in [3.8, 4) is 11.5 Å². The average Bonchev–Trinajstić information content (AvgIpc) is 3.01. The van der Waals surface area contributed by atoms with Gasteiger partial charge in [-0.2, -0.15) is 0 Å². The van der Waals surface area contributed by atoms with Gasteiger partial charge in [0.1, 0.15) is 11.5 Å². The van der Waals surface area contributed by atoms with Crippen LogP contribution in [0.5, 0.6) is 11.5 Å². The third-order valence-electron chi connectivity index (χ3n) is 8.71. The standard InChI is InChI=1S/C38H58O6S/c1-3-5-7-9-11-13-15-17-19-21-23-29-31(37(41)42)25-27-33(39)35(29)45-36-30(32(38(43)44)26-28-34(36)40)24-22-20-18-16-14-12-10-8-6-4-2/h25-28,39-40H,3-24H2,1-2H3,(H,41,42)(H,43,44). The van der Waals surface area contributed by atoms with Crippen LogP contribution in [0.25, 0.3) is 0 Å². The first-order valence-electron chi connectivity index (χ1n) is 17.7. The Labute approximate surface area is 276 Å². The van der Waals surface area contributed by atoms with Crippen LogP contribution in [0.2, 0.25) is 0 Å². The fraction of sp³-hybridized carbons (Fsp3) is 0.632. The molecule has 7 heteroatoms. The molecule has 6 nitrogen and oxygen atoms in total. The quantitative estimate of drug-likeness (QED) is 0.0755. The van der Waals surface area contributed by atoms with E-state index in [9.17, 15) is 30.0 Å². The van der Waals surface area contributed by atoms with Crippen molar-refractivity contribution in [2.45, 2.75) is 165 Å². The molecule has 0 amide bonds. The molecule has 0 unspecified atom stereocenters. The lowest BCUT2D eigenvalue weighted by atomic mass is 9.99. The number of phenols is 2. The summed E-state index contributed by atoms with van der Waals surface area (Å²) in [5, 5.41) is 41.8. The SMILES string of the molecule is CCCCCCCCCCCCc1c(C(=O)O)ccc(O)c1Sc1c(O)ccc(C(=O)O)c1CCCCCCCCCCCC. The maximum Gasteiger partial charge on any atom is 0.336 e. The molecule has 0 radical (unpaired) electrons. The van der Waals surface area contributed by atoms with Gasteiger partial charge in [0.2, 0.25) is 0 Å². The van der Waals surface area contributed by atoms with Gasteiger partial charge in [-0.3, -0.25) is 0 Å². The van der Waals surface area contributed by atoms with E-state index in [-0.39, 0.29) is 22.6 Å². The maximum absolute atomic E-state index is 12.2. The molecule has 252 valence electrons. The summed E-state index contributed by atoms with van der Waals surface area (Å²) in [7, 11) is 0. The number of phenolic OH excluding ortho intramolecular Hbond substituents is 2. The van der Waals surface area contributed by atoms with Crippen LogP contribution in [0.4, 0.5) is 0 Å². The monoisotopic (exact) mass is 642 g/mol. The molecule has 0 aliphatic rings. The second-order valence-electron chi connectivity index (χ2n) is 12.5. The highest BCUT2D eigenvalue weighted by Crippen LogP contribution is 2.45. The lowest BCUT2D eigenvalue weighted by molar-refractivity contribution is 0.0684. The molecular weight excluding hydrogens is 584 g/mol. The molecule has 0 saturated heterocycles. The number of carboxylic acids is 2. The molecule has 0 bridgehead atoms. The first-order valence-corrected chi connectivity index (χ1v) is 18.5. The normalized spacial score (nSPS) is 11.2. The van der Waals surface area contributed by atoms with Crippen LogP contribution in [0.3, 0.4) is 0 Å².